The predicted molar refractivity (Wildman–Crippen MR) is 107 cm³/mol. The Hall–Kier alpha value is -3.56. The Balaban J connectivity index is 1.44. The van der Waals surface area contributed by atoms with Crippen molar-refractivity contribution in [1.82, 2.24) is 29.6 Å². The lowest BCUT2D eigenvalue weighted by atomic mass is 9.64. The fourth-order valence-corrected chi connectivity index (χ4v) is 4.57. The molecule has 2 N–H and O–H groups in total. The van der Waals surface area contributed by atoms with E-state index in [0.717, 1.165) is 32.1 Å². The van der Waals surface area contributed by atoms with Crippen molar-refractivity contribution in [1.29, 1.82) is 0 Å². The molecule has 1 spiro atoms. The number of nitrogens with one attached hydrogen (secondary N) is 1. The quantitative estimate of drug-likeness (QED) is 0.660. The highest BCUT2D eigenvalue weighted by atomic mass is 19.1. The largest absolute Gasteiger partial charge is 0.501 e. The van der Waals surface area contributed by atoms with Crippen molar-refractivity contribution in [2.75, 3.05) is 0 Å². The second-order valence-corrected chi connectivity index (χ2v) is 8.12. The first-order valence-electron chi connectivity index (χ1n) is 10.2. The van der Waals surface area contributed by atoms with Gasteiger partial charge in [-0.15, -0.1) is 0 Å². The van der Waals surface area contributed by atoms with Crippen LogP contribution in [-0.4, -0.2) is 35.3 Å². The lowest BCUT2D eigenvalue weighted by molar-refractivity contribution is 0.0938. The zero-order valence-corrected chi connectivity index (χ0v) is 16.7. The maximum Gasteiger partial charge on any atom is 0.296 e. The summed E-state index contributed by atoms with van der Waals surface area (Å²) < 4.78 is 16.6. The molecule has 0 radical (unpaired) electrons. The van der Waals surface area contributed by atoms with E-state index in [2.05, 4.69) is 20.4 Å². The first kappa shape index (κ1) is 19.4. The fraction of sp³-hybridized carbons (Fsp3) is 0.381. The number of nitrogens with zero attached hydrogens (tertiary/aromatic N) is 5. The molecule has 10 heteroatoms. The summed E-state index contributed by atoms with van der Waals surface area (Å²) in [5.74, 6) is -1.16. The smallest absolute Gasteiger partial charge is 0.296 e. The molecule has 2 aliphatic rings. The topological polar surface area (TPSA) is 115 Å². The van der Waals surface area contributed by atoms with Crippen molar-refractivity contribution in [3.8, 4) is 11.4 Å². The number of carbonyl (C=O) groups excluding carboxylic acids is 1. The number of hydrogen-bond donors (Lipinski definition) is 2. The number of amides is 1. The van der Waals surface area contributed by atoms with E-state index >= 15 is 0 Å². The van der Waals surface area contributed by atoms with Crippen molar-refractivity contribution in [3.63, 3.8) is 0 Å². The maximum absolute atomic E-state index is 13.7. The Morgan fingerprint density at radius 3 is 2.77 bits per heavy atom. The molecule has 1 amide bonds. The van der Waals surface area contributed by atoms with Gasteiger partial charge in [0, 0.05) is 18.5 Å². The average molecular weight is 424 g/mol. The van der Waals surface area contributed by atoms with Gasteiger partial charge in [-0.1, -0.05) is 12.5 Å². The van der Waals surface area contributed by atoms with Gasteiger partial charge in [0.2, 0.25) is 5.75 Å². The molecule has 160 valence electrons. The van der Waals surface area contributed by atoms with Gasteiger partial charge in [-0.05, 0) is 43.4 Å². The van der Waals surface area contributed by atoms with E-state index in [1.807, 2.05) is 0 Å². The normalized spacial score (nSPS) is 16.5. The Bertz CT molecular complexity index is 1220. The number of rotatable bonds is 4. The predicted octanol–water partition coefficient (Wildman–Crippen LogP) is 1.81. The minimum Gasteiger partial charge on any atom is -0.501 e. The molecule has 2 aromatic heterocycles. The van der Waals surface area contributed by atoms with Crippen LogP contribution in [0.15, 0.2) is 35.6 Å². The third-order valence-electron chi connectivity index (χ3n) is 6.33. The van der Waals surface area contributed by atoms with Gasteiger partial charge in [-0.3, -0.25) is 14.2 Å². The van der Waals surface area contributed by atoms with Gasteiger partial charge >= 0.3 is 0 Å². The van der Waals surface area contributed by atoms with E-state index in [1.165, 1.54) is 40.1 Å². The van der Waals surface area contributed by atoms with E-state index < -0.39 is 23.0 Å². The van der Waals surface area contributed by atoms with Crippen molar-refractivity contribution in [3.05, 3.63) is 64.1 Å². The molecule has 1 aromatic carbocycles. The van der Waals surface area contributed by atoms with Crippen molar-refractivity contribution < 1.29 is 14.3 Å². The summed E-state index contributed by atoms with van der Waals surface area (Å²) in [5, 5.41) is 17.1. The van der Waals surface area contributed by atoms with Gasteiger partial charge in [0.15, 0.2) is 5.69 Å². The summed E-state index contributed by atoms with van der Waals surface area (Å²) in [7, 11) is 0. The highest BCUT2D eigenvalue weighted by Crippen LogP contribution is 2.48. The lowest BCUT2D eigenvalue weighted by Gasteiger charge is -2.45. The van der Waals surface area contributed by atoms with E-state index in [1.54, 1.807) is 0 Å². The fourth-order valence-electron chi connectivity index (χ4n) is 4.57. The summed E-state index contributed by atoms with van der Waals surface area (Å²) >= 11 is 0. The Morgan fingerprint density at radius 1 is 1.26 bits per heavy atom. The standard InChI is InChI=1S/C21H21FN6O3/c22-14-4-3-13(15(9-14)28-12-23-11-25-28)10-24-18(30)16-17(29)19(31)27-8-2-7-21(5-1-6-21)20(27)26-16/h3-4,9,11-12,29H,1-2,5-8,10H2,(H,24,30). The highest BCUT2D eigenvalue weighted by molar-refractivity contribution is 5.94. The number of aromatic hydroxyl groups is 1. The molecule has 3 aromatic rings. The number of halogens is 1. The first-order valence-corrected chi connectivity index (χ1v) is 10.2. The summed E-state index contributed by atoms with van der Waals surface area (Å²) in [6.07, 6.45) is 7.47. The molecular weight excluding hydrogens is 403 g/mol. The van der Waals surface area contributed by atoms with Crippen LogP contribution in [-0.2, 0) is 18.5 Å². The van der Waals surface area contributed by atoms with Crippen LogP contribution in [0.25, 0.3) is 5.69 Å². The minimum absolute atomic E-state index is 0.0268. The average Bonchev–Trinajstić information content (AvgIpc) is 3.28. The summed E-state index contributed by atoms with van der Waals surface area (Å²) in [6, 6.07) is 4.10. The summed E-state index contributed by atoms with van der Waals surface area (Å²) in [4.78, 5) is 33.9. The molecule has 0 unspecified atom stereocenters. The van der Waals surface area contributed by atoms with Crippen LogP contribution in [0.1, 0.15) is 54.0 Å². The van der Waals surface area contributed by atoms with Crippen LogP contribution in [0.5, 0.6) is 5.75 Å². The molecule has 5 rings (SSSR count). The van der Waals surface area contributed by atoms with Gasteiger partial charge < -0.3 is 10.4 Å². The molecule has 9 nitrogen and oxygen atoms in total. The van der Waals surface area contributed by atoms with Gasteiger partial charge in [-0.2, -0.15) is 5.10 Å². The van der Waals surface area contributed by atoms with Crippen LogP contribution in [0, 0.1) is 5.82 Å². The molecule has 1 saturated carbocycles. The lowest BCUT2D eigenvalue weighted by Crippen LogP contribution is -2.45. The second kappa shape index (κ2) is 7.29. The van der Waals surface area contributed by atoms with Crippen LogP contribution in [0.4, 0.5) is 4.39 Å². The van der Waals surface area contributed by atoms with Gasteiger partial charge in [0.1, 0.15) is 24.3 Å². The third-order valence-corrected chi connectivity index (χ3v) is 6.33. The number of carbonyl (C=O) groups is 1. The number of aromatic nitrogens is 5. The molecule has 1 aliphatic heterocycles. The number of benzene rings is 1. The molecule has 1 fully saturated rings. The van der Waals surface area contributed by atoms with Crippen molar-refractivity contribution >= 4 is 5.91 Å². The van der Waals surface area contributed by atoms with Crippen molar-refractivity contribution in [2.24, 2.45) is 0 Å². The molecule has 0 atom stereocenters. The zero-order chi connectivity index (χ0) is 21.6. The Labute approximate surface area is 176 Å². The molecule has 0 saturated heterocycles. The number of fused-ring (bicyclic) bond motifs is 2. The summed E-state index contributed by atoms with van der Waals surface area (Å²) in [5.41, 5.74) is -0.00368. The number of hydrogen-bond acceptors (Lipinski definition) is 6. The minimum atomic E-state index is -0.660. The van der Waals surface area contributed by atoms with Crippen LogP contribution in [0.2, 0.25) is 0 Å². The van der Waals surface area contributed by atoms with Gasteiger partial charge in [0.25, 0.3) is 11.5 Å². The SMILES string of the molecule is O=C(NCc1ccc(F)cc1-n1cncn1)c1nc2n(c(=O)c1O)CCCC21CCC1. The third kappa shape index (κ3) is 3.18. The monoisotopic (exact) mass is 424 g/mol. The van der Waals surface area contributed by atoms with Crippen molar-refractivity contribution in [2.45, 2.75) is 50.6 Å². The van der Waals surface area contributed by atoms with E-state index in [4.69, 9.17) is 0 Å². The molecule has 1 aliphatic carbocycles. The highest BCUT2D eigenvalue weighted by Gasteiger charge is 2.45. The maximum atomic E-state index is 13.7. The summed E-state index contributed by atoms with van der Waals surface area (Å²) in [6.45, 7) is 0.522. The van der Waals surface area contributed by atoms with E-state index in [9.17, 15) is 19.1 Å². The first-order chi connectivity index (χ1) is 15.0. The Morgan fingerprint density at radius 2 is 2.06 bits per heavy atom. The van der Waals surface area contributed by atoms with Gasteiger partial charge in [0.05, 0.1) is 5.69 Å². The van der Waals surface area contributed by atoms with Crippen LogP contribution in [0.3, 0.4) is 0 Å². The van der Waals surface area contributed by atoms with Crippen LogP contribution < -0.4 is 10.9 Å². The Kier molecular flexibility index (Phi) is 4.57. The second-order valence-electron chi connectivity index (χ2n) is 8.12. The molecular formula is C21H21FN6O3. The van der Waals surface area contributed by atoms with Crippen LogP contribution >= 0.6 is 0 Å². The molecule has 3 heterocycles. The van der Waals surface area contributed by atoms with E-state index in [0.29, 0.717) is 23.6 Å². The molecule has 31 heavy (non-hydrogen) atoms. The van der Waals surface area contributed by atoms with Gasteiger partial charge in [-0.25, -0.2) is 19.0 Å². The van der Waals surface area contributed by atoms with E-state index in [-0.39, 0.29) is 17.7 Å². The zero-order valence-electron chi connectivity index (χ0n) is 16.7. The molecule has 0 bridgehead atoms.